The fourth-order valence-electron chi connectivity index (χ4n) is 3.25. The normalized spacial score (nSPS) is 11.5. The molecule has 0 aliphatic heterocycles. The number of nitrogens with one attached hydrogen (secondary N) is 3. The number of methoxy groups -OCH3 is 1. The first kappa shape index (κ1) is 25.4. The van der Waals surface area contributed by atoms with Gasteiger partial charge in [-0.1, -0.05) is 18.2 Å². The average molecular weight is 476 g/mol. The fourth-order valence-corrected chi connectivity index (χ4v) is 3.25. The molecule has 182 valence electrons. The number of likely N-dealkylation sites (N-methyl/N-ethyl adjacent to an activating group) is 1. The second-order valence-electron chi connectivity index (χ2n) is 8.02. The van der Waals surface area contributed by atoms with Gasteiger partial charge < -0.3 is 20.7 Å². The average Bonchev–Trinajstić information content (AvgIpc) is 2.84. The molecule has 0 saturated heterocycles. The van der Waals surface area contributed by atoms with E-state index in [-0.39, 0.29) is 24.3 Å². The molecular weight excluding hydrogens is 446 g/mol. The Kier molecular flexibility index (Phi) is 8.53. The predicted octanol–water partition coefficient (Wildman–Crippen LogP) is 3.55. The maximum absolute atomic E-state index is 12.7. The lowest BCUT2D eigenvalue weighted by molar-refractivity contribution is -0.122. The van der Waals surface area contributed by atoms with E-state index < -0.39 is 6.04 Å². The van der Waals surface area contributed by atoms with Crippen LogP contribution < -0.4 is 20.7 Å². The Hall–Kier alpha value is -4.24. The van der Waals surface area contributed by atoms with Crippen molar-refractivity contribution in [1.29, 1.82) is 0 Å². The summed E-state index contributed by atoms with van der Waals surface area (Å²) in [6.07, 6.45) is 0. The maximum atomic E-state index is 12.7. The molecule has 1 heterocycles. The van der Waals surface area contributed by atoms with Crippen LogP contribution in [-0.4, -0.2) is 54.3 Å². The molecule has 3 rings (SSSR count). The minimum Gasteiger partial charge on any atom is -0.495 e. The van der Waals surface area contributed by atoms with Gasteiger partial charge in [-0.15, -0.1) is 0 Å². The van der Waals surface area contributed by atoms with E-state index in [0.717, 1.165) is 5.69 Å². The minimum absolute atomic E-state index is 0.0201. The van der Waals surface area contributed by atoms with E-state index in [2.05, 4.69) is 20.9 Å². The first-order valence-electron chi connectivity index (χ1n) is 11.1. The van der Waals surface area contributed by atoms with Gasteiger partial charge in [0.05, 0.1) is 25.4 Å². The van der Waals surface area contributed by atoms with Crippen molar-refractivity contribution < 1.29 is 19.1 Å². The van der Waals surface area contributed by atoms with Crippen LogP contribution in [0.3, 0.4) is 0 Å². The molecule has 1 unspecified atom stereocenters. The molecule has 1 aromatic heterocycles. The quantitative estimate of drug-likeness (QED) is 0.436. The SMILES string of the molecule is COc1ccccc1NC(=O)c1ccc(NC(=O)C(C)N(C)CC(=O)Nc2cccc(C)n2)cc1. The van der Waals surface area contributed by atoms with Crippen molar-refractivity contribution in [3.8, 4) is 5.75 Å². The highest BCUT2D eigenvalue weighted by Gasteiger charge is 2.20. The number of anilines is 3. The van der Waals surface area contributed by atoms with Gasteiger partial charge in [0, 0.05) is 16.9 Å². The lowest BCUT2D eigenvalue weighted by Gasteiger charge is -2.23. The third-order valence-corrected chi connectivity index (χ3v) is 5.36. The molecule has 0 fully saturated rings. The van der Waals surface area contributed by atoms with Crippen molar-refractivity contribution in [2.75, 3.05) is 36.7 Å². The lowest BCUT2D eigenvalue weighted by Crippen LogP contribution is -2.43. The Morgan fingerprint density at radius 2 is 1.66 bits per heavy atom. The fraction of sp³-hybridized carbons (Fsp3) is 0.231. The molecular formula is C26H29N5O4. The number of rotatable bonds is 9. The van der Waals surface area contributed by atoms with Gasteiger partial charge in [-0.05, 0) is 69.4 Å². The molecule has 3 amide bonds. The number of para-hydroxylation sites is 2. The predicted molar refractivity (Wildman–Crippen MR) is 136 cm³/mol. The third kappa shape index (κ3) is 7.12. The number of amides is 3. The molecule has 3 aromatic rings. The summed E-state index contributed by atoms with van der Waals surface area (Å²) in [6.45, 7) is 3.57. The largest absolute Gasteiger partial charge is 0.495 e. The van der Waals surface area contributed by atoms with Crippen LogP contribution in [0.25, 0.3) is 0 Å². The van der Waals surface area contributed by atoms with Gasteiger partial charge in [-0.25, -0.2) is 4.98 Å². The zero-order valence-electron chi connectivity index (χ0n) is 20.2. The summed E-state index contributed by atoms with van der Waals surface area (Å²) in [7, 11) is 3.23. The van der Waals surface area contributed by atoms with Crippen LogP contribution in [0.5, 0.6) is 5.75 Å². The molecule has 0 saturated carbocycles. The molecule has 1 atom stereocenters. The number of benzene rings is 2. The molecule has 3 N–H and O–H groups in total. The van der Waals surface area contributed by atoms with Crippen LogP contribution in [0.15, 0.2) is 66.7 Å². The summed E-state index contributed by atoms with van der Waals surface area (Å²) in [5.74, 6) is 0.187. The van der Waals surface area contributed by atoms with E-state index in [1.54, 1.807) is 67.4 Å². The Balaban J connectivity index is 1.53. The molecule has 9 heteroatoms. The third-order valence-electron chi connectivity index (χ3n) is 5.36. The van der Waals surface area contributed by atoms with E-state index >= 15 is 0 Å². The highest BCUT2D eigenvalue weighted by atomic mass is 16.5. The van der Waals surface area contributed by atoms with Crippen molar-refractivity contribution in [2.45, 2.75) is 19.9 Å². The Bertz CT molecular complexity index is 1200. The topological polar surface area (TPSA) is 113 Å². The smallest absolute Gasteiger partial charge is 0.255 e. The van der Waals surface area contributed by atoms with Gasteiger partial charge in [0.1, 0.15) is 11.6 Å². The van der Waals surface area contributed by atoms with Crippen molar-refractivity contribution in [1.82, 2.24) is 9.88 Å². The van der Waals surface area contributed by atoms with Crippen LogP contribution in [0.1, 0.15) is 23.0 Å². The molecule has 2 aromatic carbocycles. The van der Waals surface area contributed by atoms with Gasteiger partial charge >= 0.3 is 0 Å². The zero-order valence-corrected chi connectivity index (χ0v) is 20.2. The summed E-state index contributed by atoms with van der Waals surface area (Å²) in [4.78, 5) is 43.4. The van der Waals surface area contributed by atoms with E-state index in [9.17, 15) is 14.4 Å². The van der Waals surface area contributed by atoms with Crippen molar-refractivity contribution in [2.24, 2.45) is 0 Å². The zero-order chi connectivity index (χ0) is 25.4. The highest BCUT2D eigenvalue weighted by molar-refractivity contribution is 6.05. The summed E-state index contributed by atoms with van der Waals surface area (Å²) in [5, 5.41) is 8.35. The van der Waals surface area contributed by atoms with Crippen LogP contribution in [0.2, 0.25) is 0 Å². The van der Waals surface area contributed by atoms with E-state index in [1.165, 1.54) is 7.11 Å². The summed E-state index contributed by atoms with van der Waals surface area (Å²) in [6, 6.07) is 18.5. The number of carbonyl (C=O) groups is 3. The van der Waals surface area contributed by atoms with Gasteiger partial charge in [-0.2, -0.15) is 0 Å². The maximum Gasteiger partial charge on any atom is 0.255 e. The summed E-state index contributed by atoms with van der Waals surface area (Å²) < 4.78 is 5.25. The molecule has 9 nitrogen and oxygen atoms in total. The van der Waals surface area contributed by atoms with Crippen LogP contribution in [0, 0.1) is 6.92 Å². The van der Waals surface area contributed by atoms with Crippen molar-refractivity contribution >= 4 is 34.9 Å². The van der Waals surface area contributed by atoms with Crippen LogP contribution in [-0.2, 0) is 9.59 Å². The van der Waals surface area contributed by atoms with E-state index in [4.69, 9.17) is 4.74 Å². The monoisotopic (exact) mass is 475 g/mol. The first-order valence-corrected chi connectivity index (χ1v) is 11.1. The van der Waals surface area contributed by atoms with Gasteiger partial charge in [-0.3, -0.25) is 19.3 Å². The van der Waals surface area contributed by atoms with Crippen molar-refractivity contribution in [3.05, 3.63) is 78.0 Å². The number of aryl methyl sites for hydroxylation is 1. The Morgan fingerprint density at radius 1 is 0.943 bits per heavy atom. The van der Waals surface area contributed by atoms with Crippen LogP contribution >= 0.6 is 0 Å². The van der Waals surface area contributed by atoms with Gasteiger partial charge in [0.2, 0.25) is 11.8 Å². The molecule has 0 aliphatic carbocycles. The van der Waals surface area contributed by atoms with E-state index in [1.807, 2.05) is 25.1 Å². The molecule has 0 aliphatic rings. The highest BCUT2D eigenvalue weighted by Crippen LogP contribution is 2.24. The molecule has 0 radical (unpaired) electrons. The Morgan fingerprint density at radius 3 is 2.34 bits per heavy atom. The number of hydrogen-bond acceptors (Lipinski definition) is 6. The molecule has 0 spiro atoms. The van der Waals surface area contributed by atoms with Crippen molar-refractivity contribution in [3.63, 3.8) is 0 Å². The number of ether oxygens (including phenoxy) is 1. The number of pyridine rings is 1. The van der Waals surface area contributed by atoms with Gasteiger partial charge in [0.25, 0.3) is 5.91 Å². The number of hydrogen-bond donors (Lipinski definition) is 3. The number of nitrogens with zero attached hydrogens (tertiary/aromatic N) is 2. The standard InChI is InChI=1S/C26H29N5O4/c1-17-8-7-11-23(27-17)30-24(32)16-31(3)18(2)25(33)28-20-14-12-19(13-15-20)26(34)29-21-9-5-6-10-22(21)35-4/h5-15,18H,16H2,1-4H3,(H,28,33)(H,29,34)(H,27,30,32). The number of carbonyl (C=O) groups excluding carboxylic acids is 3. The lowest BCUT2D eigenvalue weighted by atomic mass is 10.1. The van der Waals surface area contributed by atoms with Gasteiger partial charge in [0.15, 0.2) is 0 Å². The van der Waals surface area contributed by atoms with Crippen LogP contribution in [0.4, 0.5) is 17.2 Å². The number of aromatic nitrogens is 1. The molecule has 0 bridgehead atoms. The second kappa shape index (κ2) is 11.8. The summed E-state index contributed by atoms with van der Waals surface area (Å²) >= 11 is 0. The van der Waals surface area contributed by atoms with E-state index in [0.29, 0.717) is 28.5 Å². The summed E-state index contributed by atoms with van der Waals surface area (Å²) in [5.41, 5.74) is 2.33. The Labute approximate surface area is 204 Å². The first-order chi connectivity index (χ1) is 16.8. The minimum atomic E-state index is -0.570. The molecule has 35 heavy (non-hydrogen) atoms. The second-order valence-corrected chi connectivity index (χ2v) is 8.02.